The topological polar surface area (TPSA) is 35.5 Å². The van der Waals surface area contributed by atoms with E-state index in [1.165, 1.54) is 0 Å². The van der Waals surface area contributed by atoms with Gasteiger partial charge in [0.15, 0.2) is 0 Å². The number of ether oxygens (including phenoxy) is 2. The maximum atomic E-state index is 11.8. The number of hydrogen-bond acceptors (Lipinski definition) is 3. The summed E-state index contributed by atoms with van der Waals surface area (Å²) in [6.45, 7) is 6.97. The summed E-state index contributed by atoms with van der Waals surface area (Å²) in [4.78, 5) is 11.8. The van der Waals surface area contributed by atoms with Gasteiger partial charge in [0.25, 0.3) is 0 Å². The van der Waals surface area contributed by atoms with Crippen LogP contribution < -0.4 is 4.74 Å². The number of rotatable bonds is 8. The van der Waals surface area contributed by atoms with Crippen molar-refractivity contribution in [1.29, 1.82) is 0 Å². The van der Waals surface area contributed by atoms with Crippen LogP contribution >= 0.6 is 0 Å². The maximum absolute atomic E-state index is 11.8. The van der Waals surface area contributed by atoms with E-state index >= 15 is 0 Å². The van der Waals surface area contributed by atoms with Crippen LogP contribution in [0.1, 0.15) is 33.6 Å². The van der Waals surface area contributed by atoms with Gasteiger partial charge in [-0.25, -0.2) is 0 Å². The van der Waals surface area contributed by atoms with Crippen LogP contribution in [-0.2, 0) is 9.53 Å². The van der Waals surface area contributed by atoms with E-state index in [0.29, 0.717) is 19.1 Å². The lowest BCUT2D eigenvalue weighted by molar-refractivity contribution is -0.150. The summed E-state index contributed by atoms with van der Waals surface area (Å²) in [5, 5.41) is 0. The molecule has 3 nitrogen and oxygen atoms in total. The van der Waals surface area contributed by atoms with Crippen LogP contribution in [0.5, 0.6) is 5.75 Å². The van der Waals surface area contributed by atoms with Crippen molar-refractivity contribution in [2.75, 3.05) is 13.2 Å². The maximum Gasteiger partial charge on any atom is 0.309 e. The SMILES string of the molecule is CC[C@@H](CC(C)C)C(=O)OCCOc1ccccc1. The Kier molecular flexibility index (Phi) is 7.01. The highest BCUT2D eigenvalue weighted by atomic mass is 16.6. The third-order valence-electron chi connectivity index (χ3n) is 2.92. The van der Waals surface area contributed by atoms with Gasteiger partial charge in [0.1, 0.15) is 19.0 Å². The second-order valence-corrected chi connectivity index (χ2v) is 5.06. The minimum atomic E-state index is -0.104. The van der Waals surface area contributed by atoms with Gasteiger partial charge in [-0.2, -0.15) is 0 Å². The molecule has 106 valence electrons. The lowest BCUT2D eigenvalue weighted by Gasteiger charge is -2.16. The summed E-state index contributed by atoms with van der Waals surface area (Å²) >= 11 is 0. The summed E-state index contributed by atoms with van der Waals surface area (Å²) in [7, 11) is 0. The molecule has 3 heteroatoms. The molecule has 0 amide bonds. The van der Waals surface area contributed by atoms with Crippen molar-refractivity contribution in [3.8, 4) is 5.75 Å². The van der Waals surface area contributed by atoms with Gasteiger partial charge in [-0.3, -0.25) is 4.79 Å². The molecule has 0 aliphatic rings. The van der Waals surface area contributed by atoms with Gasteiger partial charge in [-0.05, 0) is 30.9 Å². The van der Waals surface area contributed by atoms with E-state index in [9.17, 15) is 4.79 Å². The van der Waals surface area contributed by atoms with E-state index in [0.717, 1.165) is 18.6 Å². The molecule has 0 radical (unpaired) electrons. The molecule has 1 aromatic rings. The number of benzene rings is 1. The van der Waals surface area contributed by atoms with Crippen LogP contribution in [0.2, 0.25) is 0 Å². The van der Waals surface area contributed by atoms with Crippen molar-refractivity contribution < 1.29 is 14.3 Å². The normalized spacial score (nSPS) is 12.2. The Morgan fingerprint density at radius 1 is 1.16 bits per heavy atom. The molecule has 0 aliphatic heterocycles. The molecule has 0 bridgehead atoms. The fraction of sp³-hybridized carbons (Fsp3) is 0.562. The van der Waals surface area contributed by atoms with Crippen molar-refractivity contribution in [1.82, 2.24) is 0 Å². The summed E-state index contributed by atoms with van der Waals surface area (Å²) in [5.74, 6) is 1.22. The van der Waals surface area contributed by atoms with Crippen LogP contribution in [0.25, 0.3) is 0 Å². The second kappa shape index (κ2) is 8.57. The predicted molar refractivity (Wildman–Crippen MR) is 76.1 cm³/mol. The van der Waals surface area contributed by atoms with Crippen LogP contribution in [0.3, 0.4) is 0 Å². The Bertz CT molecular complexity index is 360. The summed E-state index contributed by atoms with van der Waals surface area (Å²) < 4.78 is 10.7. The largest absolute Gasteiger partial charge is 0.490 e. The lowest BCUT2D eigenvalue weighted by atomic mass is 9.95. The van der Waals surface area contributed by atoms with Gasteiger partial charge in [-0.15, -0.1) is 0 Å². The molecule has 1 rings (SSSR count). The molecule has 19 heavy (non-hydrogen) atoms. The van der Waals surface area contributed by atoms with E-state index in [1.54, 1.807) is 0 Å². The van der Waals surface area contributed by atoms with Gasteiger partial charge in [-0.1, -0.05) is 39.0 Å². The molecule has 0 aromatic heterocycles. The quantitative estimate of drug-likeness (QED) is 0.530. The highest BCUT2D eigenvalue weighted by Gasteiger charge is 2.18. The van der Waals surface area contributed by atoms with Gasteiger partial charge in [0, 0.05) is 0 Å². The van der Waals surface area contributed by atoms with E-state index < -0.39 is 0 Å². The third-order valence-corrected chi connectivity index (χ3v) is 2.92. The molecule has 0 N–H and O–H groups in total. The number of carbonyl (C=O) groups excluding carboxylic acids is 1. The average molecular weight is 264 g/mol. The van der Waals surface area contributed by atoms with Crippen LogP contribution in [0, 0.1) is 11.8 Å². The zero-order chi connectivity index (χ0) is 14.1. The number of carbonyl (C=O) groups is 1. The Hall–Kier alpha value is -1.51. The van der Waals surface area contributed by atoms with E-state index in [4.69, 9.17) is 9.47 Å². The molecule has 0 saturated heterocycles. The van der Waals surface area contributed by atoms with Gasteiger partial charge >= 0.3 is 5.97 Å². The van der Waals surface area contributed by atoms with Crippen molar-refractivity contribution >= 4 is 5.97 Å². The van der Waals surface area contributed by atoms with Gasteiger partial charge in [0.05, 0.1) is 5.92 Å². The van der Waals surface area contributed by atoms with Crippen LogP contribution in [-0.4, -0.2) is 19.2 Å². The molecule has 1 aromatic carbocycles. The van der Waals surface area contributed by atoms with Crippen molar-refractivity contribution in [2.24, 2.45) is 11.8 Å². The molecule has 0 fully saturated rings. The first kappa shape index (κ1) is 15.5. The van der Waals surface area contributed by atoms with E-state index in [1.807, 2.05) is 37.3 Å². The molecule has 0 spiro atoms. The molecule has 0 heterocycles. The molecular weight excluding hydrogens is 240 g/mol. The second-order valence-electron chi connectivity index (χ2n) is 5.06. The standard InChI is InChI=1S/C16H24O3/c1-4-14(12-13(2)3)16(17)19-11-10-18-15-8-6-5-7-9-15/h5-9,13-14H,4,10-12H2,1-3H3/t14-/m0/s1. The first-order valence-electron chi connectivity index (χ1n) is 6.98. The van der Waals surface area contributed by atoms with Crippen molar-refractivity contribution in [2.45, 2.75) is 33.6 Å². The predicted octanol–water partition coefficient (Wildman–Crippen LogP) is 3.68. The Morgan fingerprint density at radius 2 is 1.84 bits per heavy atom. The monoisotopic (exact) mass is 264 g/mol. The zero-order valence-electron chi connectivity index (χ0n) is 12.1. The summed E-state index contributed by atoms with van der Waals surface area (Å²) in [6, 6.07) is 9.53. The number of hydrogen-bond donors (Lipinski definition) is 0. The van der Waals surface area contributed by atoms with Crippen LogP contribution in [0.15, 0.2) is 30.3 Å². The first-order chi connectivity index (χ1) is 9.13. The highest BCUT2D eigenvalue weighted by molar-refractivity contribution is 5.72. The van der Waals surface area contributed by atoms with E-state index in [-0.39, 0.29) is 11.9 Å². The fourth-order valence-corrected chi connectivity index (χ4v) is 1.93. The Labute approximate surface area is 115 Å². The lowest BCUT2D eigenvalue weighted by Crippen LogP contribution is -2.21. The molecule has 0 unspecified atom stereocenters. The molecule has 0 aliphatic carbocycles. The van der Waals surface area contributed by atoms with Gasteiger partial charge < -0.3 is 9.47 Å². The smallest absolute Gasteiger partial charge is 0.309 e. The van der Waals surface area contributed by atoms with Crippen LogP contribution in [0.4, 0.5) is 0 Å². The molecular formula is C16H24O3. The fourth-order valence-electron chi connectivity index (χ4n) is 1.93. The molecule has 1 atom stereocenters. The highest BCUT2D eigenvalue weighted by Crippen LogP contribution is 2.16. The Balaban J connectivity index is 2.22. The minimum Gasteiger partial charge on any atom is -0.490 e. The minimum absolute atomic E-state index is 0.0109. The zero-order valence-corrected chi connectivity index (χ0v) is 12.1. The summed E-state index contributed by atoms with van der Waals surface area (Å²) in [5.41, 5.74) is 0. The molecule has 0 saturated carbocycles. The third kappa shape index (κ3) is 6.27. The average Bonchev–Trinajstić information content (AvgIpc) is 2.41. The number of esters is 1. The Morgan fingerprint density at radius 3 is 2.42 bits per heavy atom. The number of para-hydroxylation sites is 1. The first-order valence-corrected chi connectivity index (χ1v) is 6.98. The summed E-state index contributed by atoms with van der Waals surface area (Å²) in [6.07, 6.45) is 1.71. The van der Waals surface area contributed by atoms with Crippen molar-refractivity contribution in [3.05, 3.63) is 30.3 Å². The van der Waals surface area contributed by atoms with E-state index in [2.05, 4.69) is 13.8 Å². The van der Waals surface area contributed by atoms with Crippen molar-refractivity contribution in [3.63, 3.8) is 0 Å². The van der Waals surface area contributed by atoms with Gasteiger partial charge in [0.2, 0.25) is 0 Å².